The zero-order valence-electron chi connectivity index (χ0n) is 9.01. The predicted octanol–water partition coefficient (Wildman–Crippen LogP) is 2.33. The zero-order chi connectivity index (χ0) is 9.97. The molecule has 1 saturated heterocycles. The van der Waals surface area contributed by atoms with Crippen molar-refractivity contribution >= 4 is 0 Å². The summed E-state index contributed by atoms with van der Waals surface area (Å²) in [6.45, 7) is 10.2. The number of hydrogen-bond acceptors (Lipinski definition) is 2. The second-order valence-corrected chi connectivity index (χ2v) is 4.19. The minimum absolute atomic E-state index is 0.865. The molecule has 0 bridgehead atoms. The van der Waals surface area contributed by atoms with Crippen molar-refractivity contribution in [1.29, 1.82) is 0 Å². The molecule has 2 nitrogen and oxygen atoms in total. The quantitative estimate of drug-likeness (QED) is 0.633. The van der Waals surface area contributed by atoms with Crippen LogP contribution in [0.4, 0.5) is 0 Å². The van der Waals surface area contributed by atoms with Gasteiger partial charge in [0.05, 0.1) is 13.2 Å². The first-order valence-electron chi connectivity index (χ1n) is 5.49. The van der Waals surface area contributed by atoms with Crippen molar-refractivity contribution in [3.05, 3.63) is 23.4 Å². The van der Waals surface area contributed by atoms with Crippen LogP contribution in [0.5, 0.6) is 0 Å². The minimum atomic E-state index is 0.865. The zero-order valence-corrected chi connectivity index (χ0v) is 9.01. The highest BCUT2D eigenvalue weighted by Gasteiger charge is 2.20. The maximum absolute atomic E-state index is 5.37. The lowest BCUT2D eigenvalue weighted by atomic mass is 9.92. The molecular formula is C12H19NO. The van der Waals surface area contributed by atoms with Gasteiger partial charge in [-0.1, -0.05) is 6.58 Å². The van der Waals surface area contributed by atoms with Gasteiger partial charge in [0.15, 0.2) is 0 Å². The van der Waals surface area contributed by atoms with E-state index in [0.29, 0.717) is 0 Å². The lowest BCUT2D eigenvalue weighted by molar-refractivity contribution is 0.0536. The van der Waals surface area contributed by atoms with Crippen molar-refractivity contribution in [3.8, 4) is 0 Å². The molecule has 1 heterocycles. The number of morpholine rings is 1. The Kier molecular flexibility index (Phi) is 2.92. The molecule has 0 aromatic carbocycles. The molecule has 0 amide bonds. The SMILES string of the molecule is C=C1CCCC(C)=C1N1CCOCC1. The molecule has 0 saturated carbocycles. The van der Waals surface area contributed by atoms with Crippen LogP contribution in [0.25, 0.3) is 0 Å². The van der Waals surface area contributed by atoms with Gasteiger partial charge < -0.3 is 9.64 Å². The van der Waals surface area contributed by atoms with Crippen LogP contribution in [0.2, 0.25) is 0 Å². The Morgan fingerprint density at radius 3 is 2.57 bits per heavy atom. The first-order chi connectivity index (χ1) is 6.79. The van der Waals surface area contributed by atoms with Gasteiger partial charge in [-0.05, 0) is 37.3 Å². The third kappa shape index (κ3) is 1.85. The van der Waals surface area contributed by atoms with Gasteiger partial charge in [0.2, 0.25) is 0 Å². The Labute approximate surface area is 86.2 Å². The fourth-order valence-electron chi connectivity index (χ4n) is 2.39. The fraction of sp³-hybridized carbons (Fsp3) is 0.667. The van der Waals surface area contributed by atoms with Gasteiger partial charge >= 0.3 is 0 Å². The second-order valence-electron chi connectivity index (χ2n) is 4.19. The molecule has 0 aromatic heterocycles. The highest BCUT2D eigenvalue weighted by atomic mass is 16.5. The lowest BCUT2D eigenvalue weighted by Gasteiger charge is -2.35. The third-order valence-corrected chi connectivity index (χ3v) is 3.10. The summed E-state index contributed by atoms with van der Waals surface area (Å²) >= 11 is 0. The maximum Gasteiger partial charge on any atom is 0.0642 e. The van der Waals surface area contributed by atoms with Crippen LogP contribution in [0.3, 0.4) is 0 Å². The lowest BCUT2D eigenvalue weighted by Crippen LogP contribution is -2.37. The Morgan fingerprint density at radius 1 is 1.21 bits per heavy atom. The molecule has 78 valence electrons. The third-order valence-electron chi connectivity index (χ3n) is 3.10. The molecule has 2 rings (SSSR count). The van der Waals surface area contributed by atoms with E-state index in [2.05, 4.69) is 18.4 Å². The molecule has 2 aliphatic rings. The standard InChI is InChI=1S/C12H19NO/c1-10-4-3-5-11(2)12(10)13-6-8-14-9-7-13/h1,3-9H2,2H3. The first-order valence-corrected chi connectivity index (χ1v) is 5.49. The van der Waals surface area contributed by atoms with E-state index in [4.69, 9.17) is 4.74 Å². The molecular weight excluding hydrogens is 174 g/mol. The monoisotopic (exact) mass is 193 g/mol. The Hall–Kier alpha value is -0.760. The van der Waals surface area contributed by atoms with Gasteiger partial charge in [-0.25, -0.2) is 0 Å². The molecule has 1 aliphatic heterocycles. The van der Waals surface area contributed by atoms with Crippen LogP contribution in [-0.2, 0) is 4.74 Å². The molecule has 0 atom stereocenters. The van der Waals surface area contributed by atoms with Gasteiger partial charge in [0.25, 0.3) is 0 Å². The summed E-state index contributed by atoms with van der Waals surface area (Å²) in [4.78, 5) is 2.44. The summed E-state index contributed by atoms with van der Waals surface area (Å²) in [6, 6.07) is 0. The maximum atomic E-state index is 5.37. The van der Waals surface area contributed by atoms with Gasteiger partial charge in [-0.2, -0.15) is 0 Å². The number of rotatable bonds is 1. The predicted molar refractivity (Wildman–Crippen MR) is 58.1 cm³/mol. The molecule has 2 heteroatoms. The van der Waals surface area contributed by atoms with Crippen LogP contribution in [0.1, 0.15) is 26.2 Å². The Bertz CT molecular complexity index is 261. The van der Waals surface area contributed by atoms with Crippen LogP contribution < -0.4 is 0 Å². The van der Waals surface area contributed by atoms with Gasteiger partial charge in [0, 0.05) is 18.8 Å². The molecule has 0 radical (unpaired) electrons. The van der Waals surface area contributed by atoms with E-state index < -0.39 is 0 Å². The molecule has 0 spiro atoms. The molecule has 0 unspecified atom stereocenters. The summed E-state index contributed by atoms with van der Waals surface area (Å²) < 4.78 is 5.37. The second kappa shape index (κ2) is 4.18. The molecule has 0 N–H and O–H groups in total. The molecule has 1 aliphatic carbocycles. The van der Waals surface area contributed by atoms with Gasteiger partial charge in [-0.3, -0.25) is 0 Å². The van der Waals surface area contributed by atoms with E-state index in [1.54, 1.807) is 0 Å². The van der Waals surface area contributed by atoms with Gasteiger partial charge in [-0.15, -0.1) is 0 Å². The fourth-order valence-corrected chi connectivity index (χ4v) is 2.39. The number of hydrogen-bond donors (Lipinski definition) is 0. The summed E-state index contributed by atoms with van der Waals surface area (Å²) in [5.74, 6) is 0. The molecule has 0 aromatic rings. The van der Waals surface area contributed by atoms with Crippen LogP contribution in [-0.4, -0.2) is 31.2 Å². The van der Waals surface area contributed by atoms with E-state index >= 15 is 0 Å². The highest BCUT2D eigenvalue weighted by Crippen LogP contribution is 2.30. The average Bonchev–Trinajstić information content (AvgIpc) is 2.19. The minimum Gasteiger partial charge on any atom is -0.378 e. The van der Waals surface area contributed by atoms with Crippen molar-refractivity contribution in [2.45, 2.75) is 26.2 Å². The van der Waals surface area contributed by atoms with E-state index in [-0.39, 0.29) is 0 Å². The van der Waals surface area contributed by atoms with Crippen molar-refractivity contribution in [2.24, 2.45) is 0 Å². The average molecular weight is 193 g/mol. The number of ether oxygens (including phenoxy) is 1. The van der Waals surface area contributed by atoms with Crippen molar-refractivity contribution in [3.63, 3.8) is 0 Å². The Morgan fingerprint density at radius 2 is 1.93 bits per heavy atom. The largest absolute Gasteiger partial charge is 0.378 e. The van der Waals surface area contributed by atoms with Crippen molar-refractivity contribution in [2.75, 3.05) is 26.3 Å². The van der Waals surface area contributed by atoms with Gasteiger partial charge in [0.1, 0.15) is 0 Å². The van der Waals surface area contributed by atoms with Crippen molar-refractivity contribution in [1.82, 2.24) is 4.90 Å². The summed E-state index contributed by atoms with van der Waals surface area (Å²) in [6.07, 6.45) is 3.69. The van der Waals surface area contributed by atoms with E-state index in [9.17, 15) is 0 Å². The topological polar surface area (TPSA) is 12.5 Å². The summed E-state index contributed by atoms with van der Waals surface area (Å²) in [7, 11) is 0. The molecule has 1 fully saturated rings. The smallest absolute Gasteiger partial charge is 0.0642 e. The van der Waals surface area contributed by atoms with Crippen LogP contribution in [0, 0.1) is 0 Å². The summed E-state index contributed by atoms with van der Waals surface area (Å²) in [5, 5.41) is 0. The Balaban J connectivity index is 2.16. The van der Waals surface area contributed by atoms with E-state index in [0.717, 1.165) is 26.3 Å². The van der Waals surface area contributed by atoms with E-state index in [1.807, 2.05) is 0 Å². The number of allylic oxidation sites excluding steroid dienone is 2. The van der Waals surface area contributed by atoms with E-state index in [1.165, 1.54) is 36.1 Å². The van der Waals surface area contributed by atoms with Crippen LogP contribution >= 0.6 is 0 Å². The highest BCUT2D eigenvalue weighted by molar-refractivity contribution is 5.34. The normalized spacial score (nSPS) is 24.4. The summed E-state index contributed by atoms with van der Waals surface area (Å²) in [5.41, 5.74) is 4.28. The van der Waals surface area contributed by atoms with Crippen LogP contribution in [0.15, 0.2) is 23.4 Å². The number of nitrogens with zero attached hydrogens (tertiary/aromatic N) is 1. The van der Waals surface area contributed by atoms with Crippen molar-refractivity contribution < 1.29 is 4.74 Å². The molecule has 14 heavy (non-hydrogen) atoms. The first kappa shape index (κ1) is 9.78.